The molecule has 6 N–H and O–H groups in total. The maximum Gasteiger partial charge on any atom is 0.305 e. The second kappa shape index (κ2) is 17.4. The molecular formula is C26H42O17. The topological polar surface area (TPSA) is 262 Å². The van der Waals surface area contributed by atoms with Gasteiger partial charge in [-0.1, -0.05) is 13.8 Å². The molecule has 17 heteroatoms. The summed E-state index contributed by atoms with van der Waals surface area (Å²) in [7, 11) is 0. The quantitative estimate of drug-likeness (QED) is 0.114. The molecule has 17 nitrogen and oxygen atoms in total. The second-order valence-electron chi connectivity index (χ2n) is 9.98. The van der Waals surface area contributed by atoms with E-state index in [1.165, 1.54) is 6.92 Å². The van der Waals surface area contributed by atoms with Crippen LogP contribution in [0.4, 0.5) is 0 Å². The molecule has 248 valence electrons. The van der Waals surface area contributed by atoms with Crippen LogP contribution in [-0.2, 0) is 52.4 Å². The summed E-state index contributed by atoms with van der Waals surface area (Å²) in [5.41, 5.74) is 0. The average molecular weight is 627 g/mol. The van der Waals surface area contributed by atoms with Gasteiger partial charge in [0.15, 0.2) is 12.4 Å². The SMILES string of the molecule is CC[C@H](O)[C@H]1OC(O)[C@@H](O)[C@@H](O)[C@@H]1O.CC[C@H](OC(C)=O)[C@H]1OC(OC(C)=O)[C@@H](OC(C)=O)[C@@H](CC(=O)O)[C@H]1OC(C)=O. The van der Waals surface area contributed by atoms with Gasteiger partial charge < -0.3 is 59.1 Å². The van der Waals surface area contributed by atoms with Crippen molar-refractivity contribution in [3.05, 3.63) is 0 Å². The number of aliphatic carboxylic acids is 1. The molecule has 0 amide bonds. The number of hydrogen-bond donors (Lipinski definition) is 6. The molecule has 0 saturated carbocycles. The summed E-state index contributed by atoms with van der Waals surface area (Å²) in [4.78, 5) is 57.7. The third-order valence-electron chi connectivity index (χ3n) is 6.53. The number of esters is 4. The van der Waals surface area contributed by atoms with Gasteiger partial charge >= 0.3 is 29.8 Å². The molecule has 0 aromatic rings. The maximum atomic E-state index is 11.7. The fourth-order valence-corrected chi connectivity index (χ4v) is 4.65. The lowest BCUT2D eigenvalue weighted by atomic mass is 9.83. The minimum Gasteiger partial charge on any atom is -0.481 e. The number of rotatable bonds is 10. The Labute approximate surface area is 247 Å². The zero-order valence-electron chi connectivity index (χ0n) is 24.7. The van der Waals surface area contributed by atoms with E-state index in [4.69, 9.17) is 38.6 Å². The molecule has 0 bridgehead atoms. The van der Waals surface area contributed by atoms with E-state index in [0.717, 1.165) is 20.8 Å². The first-order valence-corrected chi connectivity index (χ1v) is 13.6. The Balaban J connectivity index is 0.000000549. The Morgan fingerprint density at radius 3 is 1.67 bits per heavy atom. The normalized spacial score (nSPS) is 33.5. The van der Waals surface area contributed by atoms with E-state index in [9.17, 15) is 44.4 Å². The molecule has 12 atom stereocenters. The number of carbonyl (C=O) groups excluding carboxylic acids is 4. The van der Waals surface area contributed by atoms with Crippen molar-refractivity contribution in [2.45, 2.75) is 128 Å². The third-order valence-corrected chi connectivity index (χ3v) is 6.53. The lowest BCUT2D eigenvalue weighted by Crippen LogP contribution is -2.61. The van der Waals surface area contributed by atoms with E-state index in [1.54, 1.807) is 13.8 Å². The Bertz CT molecular complexity index is 956. The first-order valence-electron chi connectivity index (χ1n) is 13.6. The Kier molecular flexibility index (Phi) is 15.4. The van der Waals surface area contributed by atoms with Crippen LogP contribution >= 0.6 is 0 Å². The van der Waals surface area contributed by atoms with Crippen LogP contribution in [0, 0.1) is 5.92 Å². The van der Waals surface area contributed by atoms with Crippen molar-refractivity contribution in [2.24, 2.45) is 5.92 Å². The predicted octanol–water partition coefficient (Wildman–Crippen LogP) is -1.87. The minimum atomic E-state index is -1.58. The minimum absolute atomic E-state index is 0.229. The molecule has 2 saturated heterocycles. The first kappa shape index (κ1) is 38.1. The first-order chi connectivity index (χ1) is 19.9. The summed E-state index contributed by atoms with van der Waals surface area (Å²) in [6.45, 7) is 7.81. The van der Waals surface area contributed by atoms with Crippen LogP contribution in [0.25, 0.3) is 0 Å². The van der Waals surface area contributed by atoms with Gasteiger partial charge in [0, 0.05) is 27.7 Å². The summed E-state index contributed by atoms with van der Waals surface area (Å²) in [5, 5.41) is 55.7. The molecule has 0 aliphatic carbocycles. The fourth-order valence-electron chi connectivity index (χ4n) is 4.65. The molecule has 2 heterocycles. The van der Waals surface area contributed by atoms with Gasteiger partial charge in [0.25, 0.3) is 0 Å². The zero-order valence-corrected chi connectivity index (χ0v) is 24.7. The largest absolute Gasteiger partial charge is 0.481 e. The molecular weight excluding hydrogens is 584 g/mol. The van der Waals surface area contributed by atoms with E-state index in [0.29, 0.717) is 6.42 Å². The van der Waals surface area contributed by atoms with Crippen molar-refractivity contribution < 1.29 is 83.0 Å². The van der Waals surface area contributed by atoms with Gasteiger partial charge in [-0.15, -0.1) is 0 Å². The van der Waals surface area contributed by atoms with Gasteiger partial charge in [0.05, 0.1) is 18.4 Å². The van der Waals surface area contributed by atoms with Crippen LogP contribution < -0.4 is 0 Å². The van der Waals surface area contributed by atoms with Crippen molar-refractivity contribution in [2.75, 3.05) is 0 Å². The fraction of sp³-hybridized carbons (Fsp3) is 0.808. The number of aliphatic hydroxyl groups excluding tert-OH is 5. The molecule has 43 heavy (non-hydrogen) atoms. The predicted molar refractivity (Wildman–Crippen MR) is 138 cm³/mol. The van der Waals surface area contributed by atoms with Crippen LogP contribution in [0.15, 0.2) is 0 Å². The van der Waals surface area contributed by atoms with Gasteiger partial charge in [-0.3, -0.25) is 24.0 Å². The summed E-state index contributed by atoms with van der Waals surface area (Å²) < 4.78 is 31.3. The molecule has 2 aliphatic rings. The lowest BCUT2D eigenvalue weighted by molar-refractivity contribution is -0.297. The lowest BCUT2D eigenvalue weighted by Gasteiger charge is -2.46. The van der Waals surface area contributed by atoms with Crippen LogP contribution in [0.1, 0.15) is 60.8 Å². The van der Waals surface area contributed by atoms with Crippen molar-refractivity contribution in [3.8, 4) is 0 Å². The van der Waals surface area contributed by atoms with E-state index in [2.05, 4.69) is 0 Å². The van der Waals surface area contributed by atoms with Gasteiger partial charge in [0.1, 0.15) is 42.7 Å². The molecule has 2 unspecified atom stereocenters. The molecule has 0 aromatic carbocycles. The highest BCUT2D eigenvalue weighted by atomic mass is 16.7. The summed E-state index contributed by atoms with van der Waals surface area (Å²) in [6.07, 6.45) is -14.3. The Hall–Kier alpha value is -2.93. The number of carbonyl (C=O) groups is 5. The highest BCUT2D eigenvalue weighted by molar-refractivity contribution is 5.70. The van der Waals surface area contributed by atoms with Crippen LogP contribution in [0.2, 0.25) is 0 Å². The maximum absolute atomic E-state index is 11.7. The summed E-state index contributed by atoms with van der Waals surface area (Å²) >= 11 is 0. The van der Waals surface area contributed by atoms with Crippen molar-refractivity contribution >= 4 is 29.8 Å². The smallest absolute Gasteiger partial charge is 0.305 e. The molecule has 0 radical (unpaired) electrons. The number of carboxylic acids is 1. The van der Waals surface area contributed by atoms with Crippen molar-refractivity contribution in [1.82, 2.24) is 0 Å². The highest BCUT2D eigenvalue weighted by Gasteiger charge is 2.54. The number of carboxylic acid groups (broad SMARTS) is 1. The Morgan fingerprint density at radius 1 is 0.698 bits per heavy atom. The van der Waals surface area contributed by atoms with Crippen molar-refractivity contribution in [1.29, 1.82) is 0 Å². The standard InChI is InChI=1S/C18H26O11.C8H16O6/c1-6-13(25-8(2)19)17-15(26-9(3)20)12(7-14(23)24)16(27-10(4)21)18(29-17)28-11(5)22;1-2-3(9)7-5(11)4(10)6(12)8(13)14-7/h12-13,15-18H,6-7H2,1-5H3,(H,23,24);3-13H,2H2,1H3/t12-,13-,15+,16-,17+,18?;3-,4-,5-,6-,7+,8?/m00/s1. The van der Waals surface area contributed by atoms with Crippen LogP contribution in [0.5, 0.6) is 0 Å². The van der Waals surface area contributed by atoms with Crippen LogP contribution in [0.3, 0.4) is 0 Å². The van der Waals surface area contributed by atoms with Gasteiger partial charge in [0.2, 0.25) is 6.29 Å². The average Bonchev–Trinajstić information content (AvgIpc) is 2.90. The number of ether oxygens (including phenoxy) is 6. The summed E-state index contributed by atoms with van der Waals surface area (Å²) in [5.74, 6) is -5.34. The number of aliphatic hydroxyl groups is 5. The highest BCUT2D eigenvalue weighted by Crippen LogP contribution is 2.36. The molecule has 0 spiro atoms. The molecule has 0 aromatic heterocycles. The monoisotopic (exact) mass is 626 g/mol. The molecule has 2 fully saturated rings. The van der Waals surface area contributed by atoms with Gasteiger partial charge in [-0.25, -0.2) is 0 Å². The summed E-state index contributed by atoms with van der Waals surface area (Å²) in [6, 6.07) is 0. The van der Waals surface area contributed by atoms with Gasteiger partial charge in [-0.2, -0.15) is 0 Å². The number of hydrogen-bond acceptors (Lipinski definition) is 16. The molecule has 2 aliphatic heterocycles. The van der Waals surface area contributed by atoms with Crippen LogP contribution in [-0.4, -0.2) is 128 Å². The third kappa shape index (κ3) is 11.3. The Morgan fingerprint density at radius 2 is 1.23 bits per heavy atom. The zero-order chi connectivity index (χ0) is 33.2. The van der Waals surface area contributed by atoms with E-state index >= 15 is 0 Å². The van der Waals surface area contributed by atoms with E-state index in [1.807, 2.05) is 0 Å². The van der Waals surface area contributed by atoms with E-state index < -0.39 is 110 Å². The molecule has 2 rings (SSSR count). The second-order valence-corrected chi connectivity index (χ2v) is 9.98. The van der Waals surface area contributed by atoms with Gasteiger partial charge in [-0.05, 0) is 12.8 Å². The van der Waals surface area contributed by atoms with E-state index in [-0.39, 0.29) is 6.42 Å². The van der Waals surface area contributed by atoms with Crippen molar-refractivity contribution in [3.63, 3.8) is 0 Å².